The number of aromatic nitrogens is 2. The van der Waals surface area contributed by atoms with Crippen molar-refractivity contribution in [2.24, 2.45) is 0 Å². The number of rotatable bonds is 3. The van der Waals surface area contributed by atoms with Gasteiger partial charge < -0.3 is 4.74 Å². The number of hydrogen-bond donors (Lipinski definition) is 0. The quantitative estimate of drug-likeness (QED) is 0.779. The maximum absolute atomic E-state index is 6.10. The van der Waals surface area contributed by atoms with Crippen molar-refractivity contribution in [3.8, 4) is 11.6 Å². The Hall–Kier alpha value is -1.61. The number of ether oxygens (including phenoxy) is 1. The molecule has 0 aliphatic heterocycles. The van der Waals surface area contributed by atoms with Gasteiger partial charge in [-0.05, 0) is 32.4 Å². The molecule has 1 aromatic carbocycles. The van der Waals surface area contributed by atoms with Crippen LogP contribution in [0.15, 0.2) is 18.2 Å². The van der Waals surface area contributed by atoms with Crippen LogP contribution in [0.4, 0.5) is 0 Å². The second kappa shape index (κ2) is 5.57. The molecule has 19 heavy (non-hydrogen) atoms. The Balaban J connectivity index is 2.40. The lowest BCUT2D eigenvalue weighted by atomic mass is 10.1. The van der Waals surface area contributed by atoms with Gasteiger partial charge in [0, 0.05) is 12.0 Å². The molecular weight excluding hydrogens is 260 g/mol. The van der Waals surface area contributed by atoms with E-state index in [4.69, 9.17) is 16.3 Å². The number of halogens is 1. The van der Waals surface area contributed by atoms with Crippen LogP contribution in [0.5, 0.6) is 11.6 Å². The van der Waals surface area contributed by atoms with Crippen LogP contribution >= 0.6 is 11.6 Å². The molecule has 1 heterocycles. The van der Waals surface area contributed by atoms with Crippen LogP contribution in [0.2, 0.25) is 5.15 Å². The molecule has 0 unspecified atom stereocenters. The van der Waals surface area contributed by atoms with Crippen LogP contribution in [0.1, 0.15) is 29.4 Å². The zero-order chi connectivity index (χ0) is 14.0. The molecule has 0 spiro atoms. The average molecular weight is 277 g/mol. The molecule has 0 atom stereocenters. The highest BCUT2D eigenvalue weighted by molar-refractivity contribution is 6.30. The van der Waals surface area contributed by atoms with Gasteiger partial charge in [0.05, 0.1) is 0 Å². The summed E-state index contributed by atoms with van der Waals surface area (Å²) >= 11 is 6.10. The third-order valence-electron chi connectivity index (χ3n) is 2.94. The Morgan fingerprint density at radius 3 is 2.53 bits per heavy atom. The smallest absolute Gasteiger partial charge is 0.227 e. The SMILES string of the molecule is CCc1nc(Cl)c(C)c(Oc2ccc(C)cc2C)n1. The van der Waals surface area contributed by atoms with Crippen LogP contribution in [0, 0.1) is 20.8 Å². The van der Waals surface area contributed by atoms with Gasteiger partial charge in [0.1, 0.15) is 16.7 Å². The molecule has 0 aliphatic carbocycles. The standard InChI is InChI=1S/C15H17ClN2O/c1-5-13-17-14(16)11(4)15(18-13)19-12-7-6-9(2)8-10(12)3/h6-8H,5H2,1-4H3. The zero-order valence-electron chi connectivity index (χ0n) is 11.6. The number of benzene rings is 1. The zero-order valence-corrected chi connectivity index (χ0v) is 12.4. The minimum absolute atomic E-state index is 0.451. The monoisotopic (exact) mass is 276 g/mol. The second-order valence-corrected chi connectivity index (χ2v) is 4.94. The molecule has 0 saturated carbocycles. The van der Waals surface area contributed by atoms with Gasteiger partial charge in [-0.15, -0.1) is 0 Å². The van der Waals surface area contributed by atoms with Crippen molar-refractivity contribution in [3.63, 3.8) is 0 Å². The van der Waals surface area contributed by atoms with Crippen molar-refractivity contribution >= 4 is 11.6 Å². The van der Waals surface area contributed by atoms with Gasteiger partial charge >= 0.3 is 0 Å². The van der Waals surface area contributed by atoms with Gasteiger partial charge in [-0.3, -0.25) is 0 Å². The third-order valence-corrected chi connectivity index (χ3v) is 3.31. The minimum Gasteiger partial charge on any atom is -0.438 e. The summed E-state index contributed by atoms with van der Waals surface area (Å²) in [7, 11) is 0. The third kappa shape index (κ3) is 3.04. The van der Waals surface area contributed by atoms with Gasteiger partial charge in [0.25, 0.3) is 0 Å². The van der Waals surface area contributed by atoms with Gasteiger partial charge in [0.2, 0.25) is 5.88 Å². The fourth-order valence-electron chi connectivity index (χ4n) is 1.79. The first kappa shape index (κ1) is 13.8. The van der Waals surface area contributed by atoms with Crippen molar-refractivity contribution in [2.75, 3.05) is 0 Å². The number of nitrogens with zero attached hydrogens (tertiary/aromatic N) is 2. The van der Waals surface area contributed by atoms with Gasteiger partial charge in [-0.25, -0.2) is 4.98 Å². The molecule has 0 aliphatic rings. The van der Waals surface area contributed by atoms with E-state index in [9.17, 15) is 0 Å². The van der Waals surface area contributed by atoms with E-state index >= 15 is 0 Å². The lowest BCUT2D eigenvalue weighted by molar-refractivity contribution is 0.451. The fourth-order valence-corrected chi connectivity index (χ4v) is 1.97. The van der Waals surface area contributed by atoms with Crippen molar-refractivity contribution in [3.05, 3.63) is 45.9 Å². The van der Waals surface area contributed by atoms with E-state index in [1.54, 1.807) is 0 Å². The molecule has 1 aromatic heterocycles. The summed E-state index contributed by atoms with van der Waals surface area (Å²) in [6, 6.07) is 6.04. The summed E-state index contributed by atoms with van der Waals surface area (Å²) in [4.78, 5) is 8.60. The van der Waals surface area contributed by atoms with Crippen molar-refractivity contribution in [1.29, 1.82) is 0 Å². The van der Waals surface area contributed by atoms with Crippen LogP contribution in [-0.4, -0.2) is 9.97 Å². The summed E-state index contributed by atoms with van der Waals surface area (Å²) in [5.41, 5.74) is 3.04. The van der Waals surface area contributed by atoms with E-state index < -0.39 is 0 Å². The second-order valence-electron chi connectivity index (χ2n) is 4.59. The Morgan fingerprint density at radius 2 is 1.89 bits per heavy atom. The largest absolute Gasteiger partial charge is 0.438 e. The van der Waals surface area contributed by atoms with Crippen LogP contribution in [0.3, 0.4) is 0 Å². The molecule has 0 amide bonds. The maximum atomic E-state index is 6.10. The van der Waals surface area contributed by atoms with Crippen molar-refractivity contribution < 1.29 is 4.74 Å². The fraction of sp³-hybridized carbons (Fsp3) is 0.333. The molecule has 100 valence electrons. The van der Waals surface area contributed by atoms with Crippen LogP contribution in [-0.2, 0) is 6.42 Å². The molecular formula is C15H17ClN2O. The molecule has 0 bridgehead atoms. The summed E-state index contributed by atoms with van der Waals surface area (Å²) in [6.45, 7) is 7.92. The molecule has 2 rings (SSSR count). The van der Waals surface area contributed by atoms with E-state index in [-0.39, 0.29) is 0 Å². The predicted molar refractivity (Wildman–Crippen MR) is 77.1 cm³/mol. The van der Waals surface area contributed by atoms with E-state index in [1.807, 2.05) is 32.9 Å². The van der Waals surface area contributed by atoms with Gasteiger partial charge in [0.15, 0.2) is 0 Å². The van der Waals surface area contributed by atoms with Crippen LogP contribution < -0.4 is 4.74 Å². The average Bonchev–Trinajstić information content (AvgIpc) is 2.37. The first-order valence-corrected chi connectivity index (χ1v) is 6.67. The lowest BCUT2D eigenvalue weighted by Gasteiger charge is -2.12. The van der Waals surface area contributed by atoms with Crippen LogP contribution in [0.25, 0.3) is 0 Å². The molecule has 2 aromatic rings. The molecule has 3 nitrogen and oxygen atoms in total. The summed E-state index contributed by atoms with van der Waals surface area (Å²) in [5, 5.41) is 0.451. The first-order valence-electron chi connectivity index (χ1n) is 6.29. The van der Waals surface area contributed by atoms with Gasteiger partial charge in [-0.1, -0.05) is 36.2 Å². The summed E-state index contributed by atoms with van der Waals surface area (Å²) in [6.07, 6.45) is 0.725. The molecule has 0 saturated heterocycles. The molecule has 0 fully saturated rings. The first-order chi connectivity index (χ1) is 9.01. The highest BCUT2D eigenvalue weighted by Gasteiger charge is 2.11. The van der Waals surface area contributed by atoms with E-state index in [0.29, 0.717) is 16.9 Å². The van der Waals surface area contributed by atoms with E-state index in [2.05, 4.69) is 23.0 Å². The highest BCUT2D eigenvalue weighted by Crippen LogP contribution is 2.29. The van der Waals surface area contributed by atoms with E-state index in [0.717, 1.165) is 23.3 Å². The minimum atomic E-state index is 0.451. The molecule has 4 heteroatoms. The Labute approximate surface area is 118 Å². The molecule has 0 radical (unpaired) electrons. The summed E-state index contributed by atoms with van der Waals surface area (Å²) in [5.74, 6) is 2.02. The highest BCUT2D eigenvalue weighted by atomic mass is 35.5. The van der Waals surface area contributed by atoms with E-state index in [1.165, 1.54) is 5.56 Å². The number of hydrogen-bond acceptors (Lipinski definition) is 3. The number of aryl methyl sites for hydroxylation is 3. The predicted octanol–water partition coefficient (Wildman–Crippen LogP) is 4.41. The normalized spacial score (nSPS) is 10.6. The summed E-state index contributed by atoms with van der Waals surface area (Å²) < 4.78 is 5.88. The Morgan fingerprint density at radius 1 is 1.16 bits per heavy atom. The van der Waals surface area contributed by atoms with Crippen molar-refractivity contribution in [1.82, 2.24) is 9.97 Å². The maximum Gasteiger partial charge on any atom is 0.227 e. The van der Waals surface area contributed by atoms with Gasteiger partial charge in [-0.2, -0.15) is 4.98 Å². The Bertz CT molecular complexity index is 611. The Kier molecular flexibility index (Phi) is 4.05. The lowest BCUT2D eigenvalue weighted by Crippen LogP contribution is -2.00. The van der Waals surface area contributed by atoms with Crippen molar-refractivity contribution in [2.45, 2.75) is 34.1 Å². The molecule has 0 N–H and O–H groups in total. The topological polar surface area (TPSA) is 35.0 Å².